The second-order valence-electron chi connectivity index (χ2n) is 6.48. The third kappa shape index (κ3) is 3.05. The molecule has 0 spiro atoms. The maximum absolute atomic E-state index is 14.0. The van der Waals surface area contributed by atoms with E-state index in [1.165, 1.54) is 22.7 Å². The number of hydrogen-bond acceptors (Lipinski definition) is 4. The van der Waals surface area contributed by atoms with Gasteiger partial charge in [-0.25, -0.2) is 13.3 Å². The van der Waals surface area contributed by atoms with Crippen molar-refractivity contribution >= 4 is 17.1 Å². The van der Waals surface area contributed by atoms with E-state index in [0.717, 1.165) is 6.07 Å². The highest BCUT2D eigenvalue weighted by Crippen LogP contribution is 2.23. The van der Waals surface area contributed by atoms with Crippen LogP contribution in [0, 0.1) is 18.6 Å². The Balaban J connectivity index is 1.51. The molecule has 9 heteroatoms. The highest BCUT2D eigenvalue weighted by Gasteiger charge is 2.26. The van der Waals surface area contributed by atoms with Gasteiger partial charge in [-0.05, 0) is 19.1 Å². The number of aromatic nitrogens is 3. The molecular formula is C18H17F2N5O2. The first-order chi connectivity index (χ1) is 12.9. The third-order valence-corrected chi connectivity index (χ3v) is 4.65. The third-order valence-electron chi connectivity index (χ3n) is 4.65. The van der Waals surface area contributed by atoms with Gasteiger partial charge in [-0.2, -0.15) is 5.10 Å². The zero-order valence-corrected chi connectivity index (χ0v) is 14.6. The first kappa shape index (κ1) is 17.2. The number of piperazine rings is 1. The Kier molecular flexibility index (Phi) is 4.14. The van der Waals surface area contributed by atoms with Gasteiger partial charge in [0, 0.05) is 44.1 Å². The van der Waals surface area contributed by atoms with Gasteiger partial charge in [-0.1, -0.05) is 6.07 Å². The Bertz CT molecular complexity index is 1080. The fourth-order valence-corrected chi connectivity index (χ4v) is 3.27. The quantitative estimate of drug-likeness (QED) is 0.740. The summed E-state index contributed by atoms with van der Waals surface area (Å²) in [7, 11) is 0. The number of carbonyl (C=O) groups excluding carboxylic acids is 1. The summed E-state index contributed by atoms with van der Waals surface area (Å²) in [5, 5.41) is 4.19. The molecule has 140 valence electrons. The van der Waals surface area contributed by atoms with Crippen LogP contribution in [0.4, 0.5) is 14.5 Å². The normalized spacial score (nSPS) is 14.8. The fourth-order valence-electron chi connectivity index (χ4n) is 3.27. The summed E-state index contributed by atoms with van der Waals surface area (Å²) in [6, 6.07) is 5.51. The lowest BCUT2D eigenvalue weighted by molar-refractivity contribution is 0.0740. The summed E-state index contributed by atoms with van der Waals surface area (Å²) in [6.45, 7) is 3.17. The van der Waals surface area contributed by atoms with E-state index in [-0.39, 0.29) is 22.8 Å². The number of nitrogens with zero attached hydrogens (tertiary/aromatic N) is 4. The van der Waals surface area contributed by atoms with E-state index in [0.29, 0.717) is 37.4 Å². The molecule has 0 aliphatic carbocycles. The van der Waals surface area contributed by atoms with Gasteiger partial charge in [0.05, 0.1) is 5.69 Å². The van der Waals surface area contributed by atoms with E-state index in [1.54, 1.807) is 22.9 Å². The number of halogens is 2. The molecule has 0 atom stereocenters. The number of aryl methyl sites for hydroxylation is 1. The second-order valence-corrected chi connectivity index (χ2v) is 6.48. The predicted molar refractivity (Wildman–Crippen MR) is 95.0 cm³/mol. The zero-order chi connectivity index (χ0) is 19.1. The van der Waals surface area contributed by atoms with Crippen molar-refractivity contribution in [2.24, 2.45) is 0 Å². The van der Waals surface area contributed by atoms with Crippen molar-refractivity contribution < 1.29 is 13.6 Å². The van der Waals surface area contributed by atoms with Crippen LogP contribution < -0.4 is 10.5 Å². The monoisotopic (exact) mass is 373 g/mol. The summed E-state index contributed by atoms with van der Waals surface area (Å²) in [4.78, 5) is 30.6. The number of rotatable bonds is 2. The Morgan fingerprint density at radius 3 is 2.67 bits per heavy atom. The number of amides is 1. The average molecular weight is 373 g/mol. The highest BCUT2D eigenvalue weighted by molar-refractivity contribution is 5.93. The maximum Gasteiger partial charge on any atom is 0.274 e. The second kappa shape index (κ2) is 6.49. The summed E-state index contributed by atoms with van der Waals surface area (Å²) in [5.41, 5.74) is 0.992. The molecular weight excluding hydrogens is 356 g/mol. The van der Waals surface area contributed by atoms with Crippen LogP contribution in [-0.4, -0.2) is 51.6 Å². The molecule has 2 aromatic heterocycles. The lowest BCUT2D eigenvalue weighted by Gasteiger charge is -2.35. The van der Waals surface area contributed by atoms with Crippen molar-refractivity contribution in [1.82, 2.24) is 19.5 Å². The van der Waals surface area contributed by atoms with Crippen LogP contribution in [0.15, 0.2) is 35.3 Å². The molecule has 1 saturated heterocycles. The van der Waals surface area contributed by atoms with Gasteiger partial charge in [-0.3, -0.25) is 9.59 Å². The van der Waals surface area contributed by atoms with E-state index < -0.39 is 11.6 Å². The smallest absolute Gasteiger partial charge is 0.274 e. The summed E-state index contributed by atoms with van der Waals surface area (Å²) >= 11 is 0. The molecule has 0 bridgehead atoms. The molecule has 1 aliphatic heterocycles. The lowest BCUT2D eigenvalue weighted by Crippen LogP contribution is -2.49. The van der Waals surface area contributed by atoms with Crippen LogP contribution >= 0.6 is 0 Å². The van der Waals surface area contributed by atoms with E-state index in [1.807, 2.05) is 0 Å². The summed E-state index contributed by atoms with van der Waals surface area (Å²) in [6.07, 6.45) is 1.64. The van der Waals surface area contributed by atoms with Crippen molar-refractivity contribution in [3.63, 3.8) is 0 Å². The number of benzene rings is 1. The van der Waals surface area contributed by atoms with Crippen LogP contribution in [0.2, 0.25) is 0 Å². The zero-order valence-electron chi connectivity index (χ0n) is 14.6. The molecule has 4 rings (SSSR count). The molecule has 7 nitrogen and oxygen atoms in total. The van der Waals surface area contributed by atoms with Crippen molar-refractivity contribution in [3.8, 4) is 0 Å². The lowest BCUT2D eigenvalue weighted by atomic mass is 10.2. The van der Waals surface area contributed by atoms with Crippen LogP contribution in [-0.2, 0) is 0 Å². The Labute approximate surface area is 152 Å². The van der Waals surface area contributed by atoms with Crippen LogP contribution in [0.3, 0.4) is 0 Å². The summed E-state index contributed by atoms with van der Waals surface area (Å²) in [5.74, 6) is -2.07. The Morgan fingerprint density at radius 1 is 1.19 bits per heavy atom. The van der Waals surface area contributed by atoms with Crippen LogP contribution in [0.25, 0.3) is 5.52 Å². The Morgan fingerprint density at radius 2 is 1.93 bits per heavy atom. The minimum absolute atomic E-state index is 0.177. The number of fused-ring (bicyclic) bond motifs is 1. The Hall–Kier alpha value is -3.23. The van der Waals surface area contributed by atoms with E-state index in [9.17, 15) is 18.4 Å². The average Bonchev–Trinajstić information content (AvgIpc) is 3.08. The molecule has 1 aromatic carbocycles. The van der Waals surface area contributed by atoms with Crippen molar-refractivity contribution in [3.05, 3.63) is 63.8 Å². The topological polar surface area (TPSA) is 73.7 Å². The molecule has 27 heavy (non-hydrogen) atoms. The van der Waals surface area contributed by atoms with E-state index in [2.05, 4.69) is 10.1 Å². The number of anilines is 1. The predicted octanol–water partition coefficient (Wildman–Crippen LogP) is 1.57. The van der Waals surface area contributed by atoms with Gasteiger partial charge in [0.2, 0.25) is 0 Å². The highest BCUT2D eigenvalue weighted by atomic mass is 19.2. The van der Waals surface area contributed by atoms with Crippen molar-refractivity contribution in [2.45, 2.75) is 6.92 Å². The molecule has 1 N–H and O–H groups in total. The van der Waals surface area contributed by atoms with Crippen LogP contribution in [0.1, 0.15) is 16.2 Å². The van der Waals surface area contributed by atoms with Gasteiger partial charge >= 0.3 is 0 Å². The van der Waals surface area contributed by atoms with Gasteiger partial charge in [0.1, 0.15) is 5.52 Å². The number of carbonyl (C=O) groups is 1. The molecule has 0 radical (unpaired) electrons. The molecule has 3 aromatic rings. The van der Waals surface area contributed by atoms with E-state index in [4.69, 9.17) is 0 Å². The maximum atomic E-state index is 14.0. The first-order valence-electron chi connectivity index (χ1n) is 8.51. The number of aromatic amines is 1. The SMILES string of the molecule is Cc1cn2nc(C(=O)N3CCN(c4cccc(F)c4F)CC3)cc2c(=O)[nH]1. The molecule has 1 fully saturated rings. The number of hydrogen-bond donors (Lipinski definition) is 1. The molecule has 1 amide bonds. The van der Waals surface area contributed by atoms with Crippen molar-refractivity contribution in [1.29, 1.82) is 0 Å². The van der Waals surface area contributed by atoms with Gasteiger partial charge < -0.3 is 14.8 Å². The number of nitrogens with one attached hydrogen (secondary N) is 1. The molecule has 3 heterocycles. The number of H-pyrrole nitrogens is 1. The van der Waals surface area contributed by atoms with E-state index >= 15 is 0 Å². The first-order valence-corrected chi connectivity index (χ1v) is 8.51. The van der Waals surface area contributed by atoms with Crippen LogP contribution in [0.5, 0.6) is 0 Å². The van der Waals surface area contributed by atoms with Gasteiger partial charge in [-0.15, -0.1) is 0 Å². The largest absolute Gasteiger partial charge is 0.366 e. The molecule has 0 saturated carbocycles. The molecule has 1 aliphatic rings. The minimum Gasteiger partial charge on any atom is -0.366 e. The standard InChI is InChI=1S/C18H17F2N5O2/c1-11-10-25-15(17(26)21-11)9-13(22-25)18(27)24-7-5-23(6-8-24)14-4-2-3-12(19)16(14)20/h2-4,9-10H,5-8H2,1H3,(H,21,26). The summed E-state index contributed by atoms with van der Waals surface area (Å²) < 4.78 is 28.8. The van der Waals surface area contributed by atoms with Gasteiger partial charge in [0.15, 0.2) is 17.3 Å². The fraction of sp³-hybridized carbons (Fsp3) is 0.278. The van der Waals surface area contributed by atoms with Crippen molar-refractivity contribution in [2.75, 3.05) is 31.1 Å². The minimum atomic E-state index is -0.892. The van der Waals surface area contributed by atoms with Gasteiger partial charge in [0.25, 0.3) is 11.5 Å². The molecule has 0 unspecified atom stereocenters.